The van der Waals surface area contributed by atoms with E-state index in [0.29, 0.717) is 62.3 Å². The van der Waals surface area contributed by atoms with E-state index >= 15 is 0 Å². The zero-order valence-corrected chi connectivity index (χ0v) is 45.4. The van der Waals surface area contributed by atoms with Gasteiger partial charge in [-0.05, 0) is 44.9 Å². The Kier molecular flexibility index (Phi) is 38.2. The number of hydrogen-bond donors (Lipinski definition) is 0. The van der Waals surface area contributed by atoms with Gasteiger partial charge in [0.15, 0.2) is 0 Å². The van der Waals surface area contributed by atoms with Gasteiger partial charge in [-0.2, -0.15) is 0 Å². The first kappa shape index (κ1) is 61.6. The van der Waals surface area contributed by atoms with Crippen LogP contribution in [0, 0.1) is 0 Å². The van der Waals surface area contributed by atoms with E-state index < -0.39 is 6.10 Å². The molecule has 3 aliphatic heterocycles. The van der Waals surface area contributed by atoms with E-state index in [-0.39, 0.29) is 31.1 Å². The lowest BCUT2D eigenvalue weighted by Gasteiger charge is -2.18. The molecule has 0 aromatic carbocycles. The first-order valence-corrected chi connectivity index (χ1v) is 30.4. The molecule has 0 aliphatic carbocycles. The van der Waals surface area contributed by atoms with Crippen molar-refractivity contribution in [1.82, 2.24) is 0 Å². The Hall–Kier alpha value is -1.71. The van der Waals surface area contributed by atoms with Gasteiger partial charge in [-0.3, -0.25) is 14.4 Å². The molecule has 3 rings (SSSR count). The summed E-state index contributed by atoms with van der Waals surface area (Å²) in [5.41, 5.74) is 0. The van der Waals surface area contributed by atoms with Gasteiger partial charge < -0.3 is 28.4 Å². The molecule has 3 saturated heterocycles. The van der Waals surface area contributed by atoms with Gasteiger partial charge in [-0.15, -0.1) is 0 Å². The van der Waals surface area contributed by atoms with Crippen LogP contribution in [0.3, 0.4) is 0 Å². The fourth-order valence-corrected chi connectivity index (χ4v) is 10.3. The van der Waals surface area contributed by atoms with Gasteiger partial charge in [0.05, 0.1) is 43.2 Å². The van der Waals surface area contributed by atoms with E-state index in [1.165, 1.54) is 167 Å². The van der Waals surface area contributed by atoms with Gasteiger partial charge in [-0.25, -0.2) is 0 Å². The average Bonchev–Trinajstić information content (AvgIpc) is 4.30. The van der Waals surface area contributed by atoms with Crippen LogP contribution in [-0.2, 0) is 42.8 Å². The maximum absolute atomic E-state index is 12.9. The van der Waals surface area contributed by atoms with Crippen molar-refractivity contribution in [2.24, 2.45) is 0 Å². The van der Waals surface area contributed by atoms with Gasteiger partial charge in [0.2, 0.25) is 0 Å². The van der Waals surface area contributed by atoms with Crippen LogP contribution in [0.4, 0.5) is 0 Å². The molecular formula is C60H110O9. The van der Waals surface area contributed by atoms with Crippen LogP contribution in [0.5, 0.6) is 0 Å². The summed E-state index contributed by atoms with van der Waals surface area (Å²) < 4.78 is 34.7. The second-order valence-electron chi connectivity index (χ2n) is 21.8. The predicted octanol–water partition coefficient (Wildman–Crippen LogP) is 16.9. The van der Waals surface area contributed by atoms with Crippen molar-refractivity contribution >= 4 is 17.9 Å². The van der Waals surface area contributed by atoms with Crippen molar-refractivity contribution in [3.8, 4) is 0 Å². The van der Waals surface area contributed by atoms with Crippen molar-refractivity contribution in [3.63, 3.8) is 0 Å². The average molecular weight is 976 g/mol. The van der Waals surface area contributed by atoms with Gasteiger partial charge in [0.25, 0.3) is 0 Å². The number of hydrogen-bond acceptors (Lipinski definition) is 9. The summed E-state index contributed by atoms with van der Waals surface area (Å²) in [4.78, 5) is 38.2. The largest absolute Gasteiger partial charge is 0.466 e. The number of unbranched alkanes of at least 4 members (excludes halogenated alkanes) is 31. The molecule has 7 atom stereocenters. The fourth-order valence-electron chi connectivity index (χ4n) is 10.3. The maximum atomic E-state index is 12.9. The molecule has 3 aliphatic rings. The minimum atomic E-state index is -0.619. The molecule has 3 fully saturated rings. The van der Waals surface area contributed by atoms with Gasteiger partial charge >= 0.3 is 17.9 Å². The number of esters is 3. The van der Waals surface area contributed by atoms with E-state index in [1.807, 2.05) is 0 Å². The number of ether oxygens (including phenoxy) is 6. The molecule has 0 N–H and O–H groups in total. The standard InChI is InChI=1S/C60H110O9/c1-4-7-10-12-14-15-16-17-18-19-20-21-22-23-24-30-38-45-59(62)65-50-51(66-60(63)46-39-32-26-28-35-42-53-52(67-53)41-34-27-13-11-8-5-2)47-48-64-58(61)44-37-31-25-29-36-43-55-57(69-55)49-56-54(68-56)40-33-9-6-3/h51-57H,4-50H2,1-3H3. The zero-order valence-electron chi connectivity index (χ0n) is 45.4. The highest BCUT2D eigenvalue weighted by Crippen LogP contribution is 2.39. The highest BCUT2D eigenvalue weighted by molar-refractivity contribution is 5.70. The van der Waals surface area contributed by atoms with Crippen LogP contribution in [-0.4, -0.2) is 73.8 Å². The van der Waals surface area contributed by atoms with E-state index in [0.717, 1.165) is 96.3 Å². The molecule has 7 unspecified atom stereocenters. The highest BCUT2D eigenvalue weighted by Gasteiger charge is 2.47. The molecule has 69 heavy (non-hydrogen) atoms. The third-order valence-electron chi connectivity index (χ3n) is 15.1. The molecule has 0 amide bonds. The number of carbonyl (C=O) groups is 3. The molecule has 0 spiro atoms. The predicted molar refractivity (Wildman–Crippen MR) is 283 cm³/mol. The third-order valence-corrected chi connectivity index (χ3v) is 15.1. The van der Waals surface area contributed by atoms with Crippen LogP contribution in [0.1, 0.15) is 310 Å². The second kappa shape index (κ2) is 42.8. The Labute approximate surface area is 424 Å². The van der Waals surface area contributed by atoms with Crippen molar-refractivity contribution in [2.75, 3.05) is 13.2 Å². The van der Waals surface area contributed by atoms with E-state index in [4.69, 9.17) is 28.4 Å². The minimum Gasteiger partial charge on any atom is -0.466 e. The molecule has 0 radical (unpaired) electrons. The van der Waals surface area contributed by atoms with Crippen LogP contribution in [0.15, 0.2) is 0 Å². The molecule has 3 heterocycles. The first-order chi connectivity index (χ1) is 33.9. The Bertz CT molecular complexity index is 1230. The summed E-state index contributed by atoms with van der Waals surface area (Å²) in [6.07, 6.45) is 53.7. The number of carbonyl (C=O) groups excluding carboxylic acids is 3. The summed E-state index contributed by atoms with van der Waals surface area (Å²) in [5, 5.41) is 0. The summed E-state index contributed by atoms with van der Waals surface area (Å²) in [5.74, 6) is -0.739. The lowest BCUT2D eigenvalue weighted by Crippen LogP contribution is -2.27. The SMILES string of the molecule is CCCCCCCCCCCCCCCCCCCC(=O)OCC(CCOC(=O)CCCCCCCC1OC1CC1OC1CCCCC)OC(=O)CCCCCCCC1OC1CCCCCCCC. The van der Waals surface area contributed by atoms with Gasteiger partial charge in [-0.1, -0.05) is 233 Å². The molecule has 0 saturated carbocycles. The Morgan fingerprint density at radius 2 is 0.638 bits per heavy atom. The fraction of sp³-hybridized carbons (Fsp3) is 0.950. The van der Waals surface area contributed by atoms with Crippen molar-refractivity contribution < 1.29 is 42.8 Å². The molecule has 0 aromatic rings. The van der Waals surface area contributed by atoms with Crippen molar-refractivity contribution in [2.45, 2.75) is 352 Å². The maximum Gasteiger partial charge on any atom is 0.306 e. The molecule has 404 valence electrons. The topological polar surface area (TPSA) is 116 Å². The molecule has 9 heteroatoms. The van der Waals surface area contributed by atoms with Crippen molar-refractivity contribution in [3.05, 3.63) is 0 Å². The quantitative estimate of drug-likeness (QED) is 0.0254. The minimum absolute atomic E-state index is 0.00470. The second-order valence-corrected chi connectivity index (χ2v) is 21.8. The van der Waals surface area contributed by atoms with E-state index in [1.54, 1.807) is 0 Å². The monoisotopic (exact) mass is 975 g/mol. The van der Waals surface area contributed by atoms with Crippen LogP contribution in [0.25, 0.3) is 0 Å². The summed E-state index contributed by atoms with van der Waals surface area (Å²) in [6, 6.07) is 0. The summed E-state index contributed by atoms with van der Waals surface area (Å²) >= 11 is 0. The normalized spacial score (nSPS) is 20.7. The number of rotatable bonds is 53. The lowest BCUT2D eigenvalue weighted by atomic mass is 10.0. The highest BCUT2D eigenvalue weighted by atomic mass is 16.6. The van der Waals surface area contributed by atoms with Gasteiger partial charge in [0, 0.05) is 32.1 Å². The zero-order chi connectivity index (χ0) is 49.3. The third kappa shape index (κ3) is 36.0. The van der Waals surface area contributed by atoms with Crippen LogP contribution < -0.4 is 0 Å². The Morgan fingerprint density at radius 1 is 0.348 bits per heavy atom. The molecule has 0 bridgehead atoms. The molecule has 9 nitrogen and oxygen atoms in total. The molecular weight excluding hydrogens is 865 g/mol. The molecule has 0 aromatic heterocycles. The smallest absolute Gasteiger partial charge is 0.306 e. The first-order valence-electron chi connectivity index (χ1n) is 30.4. The van der Waals surface area contributed by atoms with Crippen LogP contribution >= 0.6 is 0 Å². The van der Waals surface area contributed by atoms with E-state index in [2.05, 4.69) is 20.8 Å². The van der Waals surface area contributed by atoms with Crippen LogP contribution in [0.2, 0.25) is 0 Å². The number of epoxide rings is 3. The van der Waals surface area contributed by atoms with Crippen molar-refractivity contribution in [1.29, 1.82) is 0 Å². The summed E-state index contributed by atoms with van der Waals surface area (Å²) in [6.45, 7) is 6.94. The Morgan fingerprint density at radius 3 is 1.04 bits per heavy atom. The van der Waals surface area contributed by atoms with E-state index in [9.17, 15) is 14.4 Å². The van der Waals surface area contributed by atoms with Gasteiger partial charge in [0.1, 0.15) is 12.7 Å². The Balaban J connectivity index is 1.20. The summed E-state index contributed by atoms with van der Waals surface area (Å²) in [7, 11) is 0. The lowest BCUT2D eigenvalue weighted by molar-refractivity contribution is -0.161.